The average Bonchev–Trinajstić information content (AvgIpc) is 2.52. The quantitative estimate of drug-likeness (QED) is 0.810. The summed E-state index contributed by atoms with van der Waals surface area (Å²) in [5.41, 5.74) is 0. The van der Waals surface area contributed by atoms with Crippen LogP contribution in [0.15, 0.2) is 18.3 Å². The Morgan fingerprint density at radius 1 is 1.48 bits per heavy atom. The Balaban J connectivity index is 1.71. The van der Waals surface area contributed by atoms with E-state index in [9.17, 15) is 4.79 Å². The second-order valence-electron chi connectivity index (χ2n) is 7.00. The van der Waals surface area contributed by atoms with Crippen LogP contribution in [0.2, 0.25) is 0 Å². The summed E-state index contributed by atoms with van der Waals surface area (Å²) >= 11 is 1.92. The number of carbonyl (C=O) groups is 1. The van der Waals surface area contributed by atoms with Gasteiger partial charge in [0, 0.05) is 36.5 Å². The number of aromatic nitrogens is 2. The third kappa shape index (κ3) is 6.77. The van der Waals surface area contributed by atoms with Crippen molar-refractivity contribution < 1.29 is 4.79 Å². The minimum Gasteiger partial charge on any atom is -0.353 e. The standard InChI is InChI=1S/C17H28N4OS/c1-17(2,3)23-12-6-9-16(22)19-14-7-5-11-21(13-14)15-8-4-10-18-20-15/h4,8,10,14H,5-7,9,11-13H2,1-3H3,(H,19,22)/t14-/m0/s1. The molecule has 1 aliphatic heterocycles. The van der Waals surface area contributed by atoms with Crippen LogP contribution in [0.3, 0.4) is 0 Å². The van der Waals surface area contributed by atoms with Crippen LogP contribution in [-0.2, 0) is 4.79 Å². The number of piperidine rings is 1. The lowest BCUT2D eigenvalue weighted by atomic mass is 10.1. The molecule has 1 aromatic heterocycles. The van der Waals surface area contributed by atoms with Crippen molar-refractivity contribution in [1.29, 1.82) is 0 Å². The van der Waals surface area contributed by atoms with E-state index in [-0.39, 0.29) is 16.7 Å². The molecule has 1 N–H and O–H groups in total. The van der Waals surface area contributed by atoms with Crippen molar-refractivity contribution >= 4 is 23.5 Å². The average molecular weight is 337 g/mol. The fourth-order valence-electron chi connectivity index (χ4n) is 2.68. The van der Waals surface area contributed by atoms with Gasteiger partial charge in [-0.15, -0.1) is 5.10 Å². The summed E-state index contributed by atoms with van der Waals surface area (Å²) < 4.78 is 0.275. The number of hydrogen-bond donors (Lipinski definition) is 1. The Kier molecular flexibility index (Phi) is 6.69. The molecule has 0 saturated carbocycles. The molecule has 0 radical (unpaired) electrons. The van der Waals surface area contributed by atoms with Gasteiger partial charge in [-0.3, -0.25) is 4.79 Å². The highest BCUT2D eigenvalue weighted by molar-refractivity contribution is 8.00. The monoisotopic (exact) mass is 336 g/mol. The Morgan fingerprint density at radius 2 is 2.30 bits per heavy atom. The number of anilines is 1. The molecule has 0 aliphatic carbocycles. The number of nitrogens with one attached hydrogen (secondary N) is 1. The van der Waals surface area contributed by atoms with E-state index in [0.29, 0.717) is 6.42 Å². The zero-order valence-corrected chi connectivity index (χ0v) is 15.2. The van der Waals surface area contributed by atoms with Gasteiger partial charge in [-0.05, 0) is 37.1 Å². The molecule has 2 rings (SSSR count). The Hall–Kier alpha value is -1.30. The first kappa shape index (κ1) is 18.0. The predicted octanol–water partition coefficient (Wildman–Crippen LogP) is 2.87. The van der Waals surface area contributed by atoms with Gasteiger partial charge in [0.25, 0.3) is 0 Å². The number of amides is 1. The Bertz CT molecular complexity index is 489. The summed E-state index contributed by atoms with van der Waals surface area (Å²) in [7, 11) is 0. The van der Waals surface area contributed by atoms with Crippen LogP contribution in [0.1, 0.15) is 46.5 Å². The van der Waals surface area contributed by atoms with E-state index < -0.39 is 0 Å². The van der Waals surface area contributed by atoms with Crippen molar-refractivity contribution in [2.24, 2.45) is 0 Å². The molecular formula is C17H28N4OS. The molecule has 128 valence electrons. The summed E-state index contributed by atoms with van der Waals surface area (Å²) in [6.07, 6.45) is 5.35. The first-order valence-corrected chi connectivity index (χ1v) is 9.38. The highest BCUT2D eigenvalue weighted by atomic mass is 32.2. The highest BCUT2D eigenvalue weighted by Gasteiger charge is 2.22. The SMILES string of the molecule is CC(C)(C)SCCCC(=O)N[C@H]1CCCN(c2cccnn2)C1. The molecule has 6 heteroatoms. The van der Waals surface area contributed by atoms with Gasteiger partial charge >= 0.3 is 0 Å². The molecule has 1 aromatic rings. The number of nitrogens with zero attached hydrogens (tertiary/aromatic N) is 3. The molecule has 2 heterocycles. The number of thioether (sulfide) groups is 1. The smallest absolute Gasteiger partial charge is 0.220 e. The van der Waals surface area contributed by atoms with Crippen molar-refractivity contribution in [1.82, 2.24) is 15.5 Å². The molecule has 0 spiro atoms. The van der Waals surface area contributed by atoms with Crippen LogP contribution in [0.25, 0.3) is 0 Å². The second-order valence-corrected chi connectivity index (χ2v) is 8.92. The molecule has 1 fully saturated rings. The molecule has 0 unspecified atom stereocenters. The van der Waals surface area contributed by atoms with Crippen LogP contribution in [0, 0.1) is 0 Å². The summed E-state index contributed by atoms with van der Waals surface area (Å²) in [6, 6.07) is 4.09. The number of hydrogen-bond acceptors (Lipinski definition) is 5. The zero-order valence-electron chi connectivity index (χ0n) is 14.4. The number of rotatable bonds is 6. The van der Waals surface area contributed by atoms with Crippen molar-refractivity contribution in [2.45, 2.75) is 57.2 Å². The van der Waals surface area contributed by atoms with Gasteiger partial charge in [0.1, 0.15) is 0 Å². The van der Waals surface area contributed by atoms with E-state index in [0.717, 1.165) is 43.9 Å². The van der Waals surface area contributed by atoms with E-state index in [1.165, 1.54) is 0 Å². The zero-order chi connectivity index (χ0) is 16.7. The maximum atomic E-state index is 12.1. The van der Waals surface area contributed by atoms with Gasteiger partial charge in [0.2, 0.25) is 5.91 Å². The molecule has 1 amide bonds. The van der Waals surface area contributed by atoms with Crippen molar-refractivity contribution in [3.05, 3.63) is 18.3 Å². The van der Waals surface area contributed by atoms with E-state index in [1.807, 2.05) is 23.9 Å². The normalized spacial score (nSPS) is 18.7. The first-order chi connectivity index (χ1) is 10.9. The fourth-order valence-corrected chi connectivity index (χ4v) is 3.58. The minimum atomic E-state index is 0.172. The van der Waals surface area contributed by atoms with Crippen molar-refractivity contribution in [2.75, 3.05) is 23.7 Å². The second kappa shape index (κ2) is 8.52. The lowest BCUT2D eigenvalue weighted by Gasteiger charge is -2.33. The first-order valence-electron chi connectivity index (χ1n) is 8.40. The largest absolute Gasteiger partial charge is 0.353 e. The Labute approximate surface area is 143 Å². The third-order valence-electron chi connectivity index (χ3n) is 3.75. The molecular weight excluding hydrogens is 308 g/mol. The van der Waals surface area contributed by atoms with Crippen LogP contribution in [0.4, 0.5) is 5.82 Å². The Morgan fingerprint density at radius 3 is 3.00 bits per heavy atom. The van der Waals surface area contributed by atoms with Gasteiger partial charge in [-0.25, -0.2) is 0 Å². The fraction of sp³-hybridized carbons (Fsp3) is 0.706. The maximum Gasteiger partial charge on any atom is 0.220 e. The van der Waals surface area contributed by atoms with E-state index in [2.05, 4.69) is 41.2 Å². The van der Waals surface area contributed by atoms with Crippen molar-refractivity contribution in [3.8, 4) is 0 Å². The molecule has 0 aromatic carbocycles. The van der Waals surface area contributed by atoms with E-state index in [1.54, 1.807) is 6.20 Å². The van der Waals surface area contributed by atoms with Crippen LogP contribution < -0.4 is 10.2 Å². The van der Waals surface area contributed by atoms with Gasteiger partial charge < -0.3 is 10.2 Å². The topological polar surface area (TPSA) is 58.1 Å². The summed E-state index contributed by atoms with van der Waals surface area (Å²) in [5.74, 6) is 2.10. The summed E-state index contributed by atoms with van der Waals surface area (Å²) in [4.78, 5) is 14.3. The molecule has 23 heavy (non-hydrogen) atoms. The molecule has 0 bridgehead atoms. The molecule has 5 nitrogen and oxygen atoms in total. The number of carbonyl (C=O) groups excluding carboxylic acids is 1. The molecule has 1 saturated heterocycles. The predicted molar refractivity (Wildman–Crippen MR) is 96.9 cm³/mol. The summed E-state index contributed by atoms with van der Waals surface area (Å²) in [6.45, 7) is 8.43. The van der Waals surface area contributed by atoms with Crippen molar-refractivity contribution in [3.63, 3.8) is 0 Å². The third-order valence-corrected chi connectivity index (χ3v) is 5.11. The summed E-state index contributed by atoms with van der Waals surface area (Å²) in [5, 5.41) is 11.3. The highest BCUT2D eigenvalue weighted by Crippen LogP contribution is 2.24. The lowest BCUT2D eigenvalue weighted by Crippen LogP contribution is -2.48. The van der Waals surface area contributed by atoms with Gasteiger partial charge in [-0.1, -0.05) is 20.8 Å². The van der Waals surface area contributed by atoms with Gasteiger partial charge in [0.15, 0.2) is 5.82 Å². The molecule has 1 aliphatic rings. The van der Waals surface area contributed by atoms with Crippen LogP contribution >= 0.6 is 11.8 Å². The van der Waals surface area contributed by atoms with Gasteiger partial charge in [-0.2, -0.15) is 16.9 Å². The maximum absolute atomic E-state index is 12.1. The minimum absolute atomic E-state index is 0.172. The van der Waals surface area contributed by atoms with E-state index >= 15 is 0 Å². The van der Waals surface area contributed by atoms with Crippen LogP contribution in [-0.4, -0.2) is 45.7 Å². The van der Waals surface area contributed by atoms with E-state index in [4.69, 9.17) is 0 Å². The molecule has 1 atom stereocenters. The lowest BCUT2D eigenvalue weighted by molar-refractivity contribution is -0.121. The van der Waals surface area contributed by atoms with Crippen LogP contribution in [0.5, 0.6) is 0 Å². The van der Waals surface area contributed by atoms with Gasteiger partial charge in [0.05, 0.1) is 0 Å².